The van der Waals surface area contributed by atoms with E-state index in [-0.39, 0.29) is 24.3 Å². The Morgan fingerprint density at radius 1 is 1.02 bits per heavy atom. The predicted molar refractivity (Wildman–Crippen MR) is 161 cm³/mol. The number of morpholine rings is 1. The van der Waals surface area contributed by atoms with E-state index in [1.165, 1.54) is 29.2 Å². The second-order valence-electron chi connectivity index (χ2n) is 10.8. The van der Waals surface area contributed by atoms with Crippen molar-refractivity contribution in [2.24, 2.45) is 5.10 Å². The van der Waals surface area contributed by atoms with Crippen molar-refractivity contribution in [2.75, 3.05) is 53.0 Å². The van der Waals surface area contributed by atoms with Gasteiger partial charge in [0.1, 0.15) is 12.3 Å². The number of nitro benzene ring substituents is 1. The van der Waals surface area contributed by atoms with Gasteiger partial charge in [-0.2, -0.15) is 18.3 Å². The van der Waals surface area contributed by atoms with Crippen molar-refractivity contribution in [2.45, 2.75) is 18.6 Å². The third kappa shape index (κ3) is 7.69. The van der Waals surface area contributed by atoms with Crippen LogP contribution in [0.25, 0.3) is 0 Å². The summed E-state index contributed by atoms with van der Waals surface area (Å²) in [6, 6.07) is 16.3. The van der Waals surface area contributed by atoms with Gasteiger partial charge in [-0.1, -0.05) is 12.1 Å². The highest BCUT2D eigenvalue weighted by atomic mass is 19.4. The van der Waals surface area contributed by atoms with Gasteiger partial charge in [-0.05, 0) is 59.7 Å². The van der Waals surface area contributed by atoms with Crippen LogP contribution in [0.4, 0.5) is 18.9 Å². The van der Waals surface area contributed by atoms with E-state index in [2.05, 4.69) is 10.0 Å². The van der Waals surface area contributed by atoms with E-state index in [4.69, 9.17) is 9.47 Å². The minimum Gasteiger partial charge on any atom is -0.497 e. The number of hydrogen-bond acceptors (Lipinski definition) is 8. The van der Waals surface area contributed by atoms with Gasteiger partial charge >= 0.3 is 6.18 Å². The number of nitro groups is 1. The molecule has 0 radical (unpaired) electrons. The van der Waals surface area contributed by atoms with Crippen LogP contribution in [0.1, 0.15) is 39.5 Å². The first kappa shape index (κ1) is 32.6. The van der Waals surface area contributed by atoms with Crippen molar-refractivity contribution in [1.29, 1.82) is 0 Å². The number of rotatable bonds is 10. The fourth-order valence-corrected chi connectivity index (χ4v) is 5.34. The molecule has 3 aromatic rings. The number of carbonyl (C=O) groups is 2. The third-order valence-corrected chi connectivity index (χ3v) is 7.94. The Morgan fingerprint density at radius 2 is 1.67 bits per heavy atom. The van der Waals surface area contributed by atoms with E-state index in [0.29, 0.717) is 56.3 Å². The summed E-state index contributed by atoms with van der Waals surface area (Å²) in [7, 11) is 1.54. The van der Waals surface area contributed by atoms with Crippen molar-refractivity contribution in [1.82, 2.24) is 14.8 Å². The number of benzene rings is 3. The van der Waals surface area contributed by atoms with Crippen molar-refractivity contribution < 1.29 is 37.2 Å². The van der Waals surface area contributed by atoms with E-state index in [9.17, 15) is 32.9 Å². The first-order chi connectivity index (χ1) is 22.0. The van der Waals surface area contributed by atoms with Crippen LogP contribution in [0.2, 0.25) is 0 Å². The third-order valence-electron chi connectivity index (χ3n) is 7.94. The first-order valence-electron chi connectivity index (χ1n) is 14.6. The van der Waals surface area contributed by atoms with Crippen LogP contribution in [-0.4, -0.2) is 90.3 Å². The Balaban J connectivity index is 1.42. The highest BCUT2D eigenvalue weighted by molar-refractivity contribution is 6.04. The van der Waals surface area contributed by atoms with Crippen LogP contribution in [0, 0.1) is 10.1 Å². The summed E-state index contributed by atoms with van der Waals surface area (Å²) in [5, 5.41) is 17.1. The molecule has 1 unspecified atom stereocenters. The molecular formula is C32H32F3N5O6. The van der Waals surface area contributed by atoms with Gasteiger partial charge in [0, 0.05) is 50.3 Å². The van der Waals surface area contributed by atoms with Gasteiger partial charge in [0.05, 0.1) is 42.6 Å². The Bertz CT molecular complexity index is 1570. The van der Waals surface area contributed by atoms with Gasteiger partial charge < -0.3 is 14.4 Å². The number of halogens is 3. The summed E-state index contributed by atoms with van der Waals surface area (Å²) in [6.45, 7) is 2.55. The van der Waals surface area contributed by atoms with Crippen molar-refractivity contribution in [3.05, 3.63) is 105 Å². The van der Waals surface area contributed by atoms with E-state index < -0.39 is 34.5 Å². The second-order valence-corrected chi connectivity index (χ2v) is 10.8. The van der Waals surface area contributed by atoms with Gasteiger partial charge in [0.25, 0.3) is 17.5 Å². The van der Waals surface area contributed by atoms with E-state index in [0.717, 1.165) is 29.8 Å². The highest BCUT2D eigenvalue weighted by Gasteiger charge is 2.35. The monoisotopic (exact) mass is 639 g/mol. The molecule has 0 N–H and O–H groups in total. The molecule has 1 saturated heterocycles. The maximum absolute atomic E-state index is 14.0. The molecule has 46 heavy (non-hydrogen) atoms. The summed E-state index contributed by atoms with van der Waals surface area (Å²) >= 11 is 0. The number of hydrazone groups is 1. The number of alkyl halides is 3. The van der Waals surface area contributed by atoms with Gasteiger partial charge in [-0.3, -0.25) is 24.6 Å². The fraction of sp³-hybridized carbons (Fsp3) is 0.344. The minimum absolute atomic E-state index is 0.0194. The summed E-state index contributed by atoms with van der Waals surface area (Å²) in [4.78, 5) is 41.7. The SMILES string of the molecule is COc1ccc(C2CC(c3ccc([N+](=O)[O-])cc3)=NN2C(=O)CN(CCN2CCOCC2)C(=O)c2ccc(C(F)(F)F)cc2)cc1. The molecular weight excluding hydrogens is 607 g/mol. The average Bonchev–Trinajstić information content (AvgIpc) is 3.52. The first-order valence-corrected chi connectivity index (χ1v) is 14.6. The topological polar surface area (TPSA) is 118 Å². The summed E-state index contributed by atoms with van der Waals surface area (Å²) in [5.41, 5.74) is 0.935. The standard InChI is InChI=1S/C32H32F3N5O6/c1-45-27-12-6-23(7-13-27)29-20-28(22-4-10-26(11-5-22)40(43)44)36-39(29)30(41)21-38(15-14-37-16-18-46-19-17-37)31(42)24-2-8-25(9-3-24)32(33,34)35/h2-13,29H,14-21H2,1H3. The summed E-state index contributed by atoms with van der Waals surface area (Å²) in [6.07, 6.45) is -4.25. The van der Waals surface area contributed by atoms with Crippen LogP contribution in [0.3, 0.4) is 0 Å². The number of non-ortho nitro benzene ring substituents is 1. The zero-order valence-electron chi connectivity index (χ0n) is 25.0. The lowest BCUT2D eigenvalue weighted by Gasteiger charge is -2.31. The van der Waals surface area contributed by atoms with Gasteiger partial charge in [0.15, 0.2) is 0 Å². The number of nitrogens with zero attached hydrogens (tertiary/aromatic N) is 5. The fourth-order valence-electron chi connectivity index (χ4n) is 5.34. The molecule has 1 atom stereocenters. The van der Waals surface area contributed by atoms with E-state index >= 15 is 0 Å². The smallest absolute Gasteiger partial charge is 0.416 e. The Labute approximate surface area is 262 Å². The second kappa shape index (κ2) is 14.1. The lowest BCUT2D eigenvalue weighted by atomic mass is 9.98. The van der Waals surface area contributed by atoms with E-state index in [1.807, 2.05) is 12.1 Å². The van der Waals surface area contributed by atoms with E-state index in [1.54, 1.807) is 24.3 Å². The molecule has 0 bridgehead atoms. The molecule has 2 aliphatic heterocycles. The lowest BCUT2D eigenvalue weighted by Crippen LogP contribution is -2.46. The number of hydrogen-bond donors (Lipinski definition) is 0. The average molecular weight is 640 g/mol. The Kier molecular flexibility index (Phi) is 9.97. The minimum atomic E-state index is -4.56. The Morgan fingerprint density at radius 3 is 2.26 bits per heavy atom. The summed E-state index contributed by atoms with van der Waals surface area (Å²) in [5.74, 6) is -0.470. The normalized spacial score (nSPS) is 17.0. The largest absolute Gasteiger partial charge is 0.497 e. The molecule has 0 aromatic heterocycles. The maximum atomic E-state index is 14.0. The van der Waals surface area contributed by atoms with Crippen LogP contribution in [-0.2, 0) is 15.7 Å². The highest BCUT2D eigenvalue weighted by Crippen LogP contribution is 2.34. The van der Waals surface area contributed by atoms with Crippen LogP contribution >= 0.6 is 0 Å². The quantitative estimate of drug-likeness (QED) is 0.232. The lowest BCUT2D eigenvalue weighted by molar-refractivity contribution is -0.384. The molecule has 0 saturated carbocycles. The molecule has 1 fully saturated rings. The van der Waals surface area contributed by atoms with Crippen LogP contribution < -0.4 is 4.74 Å². The van der Waals surface area contributed by atoms with Crippen molar-refractivity contribution in [3.63, 3.8) is 0 Å². The molecule has 0 aliphatic carbocycles. The van der Waals surface area contributed by atoms with Crippen molar-refractivity contribution in [3.8, 4) is 5.75 Å². The van der Waals surface area contributed by atoms with Crippen molar-refractivity contribution >= 4 is 23.2 Å². The molecule has 3 aromatic carbocycles. The molecule has 2 heterocycles. The molecule has 242 valence electrons. The van der Waals surface area contributed by atoms with Gasteiger partial charge in [-0.15, -0.1) is 0 Å². The molecule has 11 nitrogen and oxygen atoms in total. The van der Waals surface area contributed by atoms with Gasteiger partial charge in [0.2, 0.25) is 0 Å². The molecule has 5 rings (SSSR count). The number of amides is 2. The molecule has 0 spiro atoms. The Hall–Kier alpha value is -4.82. The zero-order valence-corrected chi connectivity index (χ0v) is 25.0. The maximum Gasteiger partial charge on any atom is 0.416 e. The number of methoxy groups -OCH3 is 1. The number of carbonyl (C=O) groups excluding carboxylic acids is 2. The number of ether oxygens (including phenoxy) is 2. The van der Waals surface area contributed by atoms with Crippen LogP contribution in [0.15, 0.2) is 77.9 Å². The summed E-state index contributed by atoms with van der Waals surface area (Å²) < 4.78 is 50.2. The molecule has 14 heteroatoms. The zero-order chi connectivity index (χ0) is 32.8. The van der Waals surface area contributed by atoms with Crippen LogP contribution in [0.5, 0.6) is 5.75 Å². The molecule has 2 amide bonds. The van der Waals surface area contributed by atoms with Gasteiger partial charge in [-0.25, -0.2) is 5.01 Å². The molecule has 2 aliphatic rings. The predicted octanol–water partition coefficient (Wildman–Crippen LogP) is 4.77.